The molecule has 0 fully saturated rings. The summed E-state index contributed by atoms with van der Waals surface area (Å²) in [5.41, 5.74) is 7.33. The van der Waals surface area contributed by atoms with Crippen LogP contribution in [0.1, 0.15) is 84.3 Å². The number of aromatic nitrogens is 1. The van der Waals surface area contributed by atoms with E-state index in [4.69, 9.17) is 2.74 Å². The lowest BCUT2D eigenvalue weighted by Gasteiger charge is -2.19. The summed E-state index contributed by atoms with van der Waals surface area (Å²) in [5.74, 6) is 1.17. The number of fused-ring (bicyclic) bond motifs is 1. The average Bonchev–Trinajstić information content (AvgIpc) is 2.66. The van der Waals surface area contributed by atoms with Crippen molar-refractivity contribution in [3.63, 3.8) is 0 Å². The molecule has 0 amide bonds. The van der Waals surface area contributed by atoms with Gasteiger partial charge in [-0.05, 0) is 64.5 Å². The number of hydrogen-bond acceptors (Lipinski definition) is 0. The molecule has 0 aliphatic heterocycles. The lowest BCUT2D eigenvalue weighted by Crippen LogP contribution is -2.31. The first-order valence-electron chi connectivity index (χ1n) is 11.1. The van der Waals surface area contributed by atoms with E-state index in [-0.39, 0.29) is 6.17 Å². The maximum absolute atomic E-state index is 8.69. The molecular weight excluding hydrogens is 326 g/mol. The van der Waals surface area contributed by atoms with Gasteiger partial charge in [0, 0.05) is 6.04 Å². The van der Waals surface area contributed by atoms with Crippen molar-refractivity contribution in [3.05, 3.63) is 64.8 Å². The minimum atomic E-state index is 0.265. The molecular formula is C26H34N+. The van der Waals surface area contributed by atoms with Crippen LogP contribution in [0.4, 0.5) is 0 Å². The normalized spacial score (nSPS) is 13.0. The standard InChI is InChI=1S/C26H34N/c1-16(2)20-14-24(18(5)6)19(7)25(15-20)26-23-11-9-10-21(17(3)4)22(23)12-13-27(26)8/h9-18H,1-8H3/q+1/i12D,13D. The van der Waals surface area contributed by atoms with Crippen molar-refractivity contribution in [2.24, 2.45) is 7.05 Å². The Balaban J connectivity index is 2.53. The number of hydrogen-bond donors (Lipinski definition) is 0. The van der Waals surface area contributed by atoms with E-state index < -0.39 is 0 Å². The largest absolute Gasteiger partial charge is 0.220 e. The molecule has 0 saturated heterocycles. The van der Waals surface area contributed by atoms with Crippen molar-refractivity contribution in [1.29, 1.82) is 0 Å². The number of pyridine rings is 1. The van der Waals surface area contributed by atoms with Crippen LogP contribution in [0.15, 0.2) is 42.5 Å². The van der Waals surface area contributed by atoms with Gasteiger partial charge in [-0.2, -0.15) is 0 Å². The highest BCUT2D eigenvalue weighted by atomic mass is 14.9. The molecule has 142 valence electrons. The molecule has 1 heterocycles. The fourth-order valence-electron chi connectivity index (χ4n) is 4.03. The zero-order valence-corrected chi connectivity index (χ0v) is 18.1. The van der Waals surface area contributed by atoms with Crippen LogP contribution in [0.25, 0.3) is 22.0 Å². The second-order valence-electron chi connectivity index (χ2n) is 8.66. The fourth-order valence-corrected chi connectivity index (χ4v) is 4.03. The van der Waals surface area contributed by atoms with Gasteiger partial charge in [0.25, 0.3) is 0 Å². The summed E-state index contributed by atoms with van der Waals surface area (Å²) >= 11 is 0. The van der Waals surface area contributed by atoms with Crippen molar-refractivity contribution in [3.8, 4) is 11.3 Å². The molecule has 1 aromatic heterocycles. The summed E-state index contributed by atoms with van der Waals surface area (Å²) < 4.78 is 19.3. The monoisotopic (exact) mass is 362 g/mol. The Morgan fingerprint density at radius 1 is 0.852 bits per heavy atom. The van der Waals surface area contributed by atoms with E-state index in [9.17, 15) is 0 Å². The van der Waals surface area contributed by atoms with E-state index in [0.717, 1.165) is 22.0 Å². The molecule has 2 aromatic carbocycles. The second kappa shape index (κ2) is 7.46. The molecule has 3 aromatic rings. The predicted molar refractivity (Wildman–Crippen MR) is 118 cm³/mol. The van der Waals surface area contributed by atoms with E-state index >= 15 is 0 Å². The second-order valence-corrected chi connectivity index (χ2v) is 8.66. The number of benzene rings is 2. The first-order valence-corrected chi connectivity index (χ1v) is 10.1. The Morgan fingerprint density at radius 3 is 2.11 bits per heavy atom. The minimum Gasteiger partial charge on any atom is -0.200 e. The first kappa shape index (κ1) is 17.0. The summed E-state index contributed by atoms with van der Waals surface area (Å²) in [7, 11) is 1.92. The van der Waals surface area contributed by atoms with Crippen molar-refractivity contribution in [2.45, 2.75) is 66.2 Å². The Morgan fingerprint density at radius 2 is 1.52 bits per heavy atom. The summed E-state index contributed by atoms with van der Waals surface area (Å²) in [5, 5.41) is 1.99. The number of nitrogens with zero attached hydrogens (tertiary/aromatic N) is 1. The van der Waals surface area contributed by atoms with E-state index in [1.165, 1.54) is 22.3 Å². The quantitative estimate of drug-likeness (QED) is 0.439. The third-order valence-corrected chi connectivity index (χ3v) is 5.67. The molecule has 0 saturated carbocycles. The lowest BCUT2D eigenvalue weighted by molar-refractivity contribution is -0.659. The Bertz CT molecular complexity index is 1080. The van der Waals surface area contributed by atoms with Crippen LogP contribution >= 0.6 is 0 Å². The van der Waals surface area contributed by atoms with Gasteiger partial charge in [-0.25, -0.2) is 4.57 Å². The maximum Gasteiger partial charge on any atom is 0.220 e. The highest BCUT2D eigenvalue weighted by molar-refractivity contribution is 5.96. The molecule has 3 rings (SSSR count). The summed E-state index contributed by atoms with van der Waals surface area (Å²) in [6.07, 6.45) is 0.265. The fraction of sp³-hybridized carbons (Fsp3) is 0.423. The van der Waals surface area contributed by atoms with E-state index in [0.29, 0.717) is 23.8 Å². The third-order valence-electron chi connectivity index (χ3n) is 5.67. The van der Waals surface area contributed by atoms with Crippen LogP contribution < -0.4 is 4.57 Å². The summed E-state index contributed by atoms with van der Waals surface area (Å²) in [4.78, 5) is 0. The van der Waals surface area contributed by atoms with Crippen LogP contribution in [0, 0.1) is 6.92 Å². The molecule has 0 spiro atoms. The molecule has 1 nitrogen and oxygen atoms in total. The summed E-state index contributed by atoms with van der Waals surface area (Å²) in [6.45, 7) is 15.5. The predicted octanol–water partition coefficient (Wildman–Crippen LogP) is 7.01. The molecule has 0 bridgehead atoms. The molecule has 27 heavy (non-hydrogen) atoms. The van der Waals surface area contributed by atoms with Gasteiger partial charge in [0.05, 0.1) is 12.3 Å². The van der Waals surface area contributed by atoms with Gasteiger partial charge in [-0.15, -0.1) is 0 Å². The van der Waals surface area contributed by atoms with Gasteiger partial charge >= 0.3 is 0 Å². The zero-order valence-electron chi connectivity index (χ0n) is 20.1. The van der Waals surface area contributed by atoms with Gasteiger partial charge in [-0.3, -0.25) is 0 Å². The Kier molecular flexibility index (Phi) is 4.69. The van der Waals surface area contributed by atoms with E-state index in [1.54, 1.807) is 0 Å². The van der Waals surface area contributed by atoms with Crippen LogP contribution in [0.2, 0.25) is 0 Å². The molecule has 0 N–H and O–H groups in total. The van der Waals surface area contributed by atoms with Crippen molar-refractivity contribution in [2.75, 3.05) is 0 Å². The van der Waals surface area contributed by atoms with Crippen LogP contribution in [0.5, 0.6) is 0 Å². The molecule has 0 unspecified atom stereocenters. The van der Waals surface area contributed by atoms with Crippen LogP contribution in [0.3, 0.4) is 0 Å². The van der Waals surface area contributed by atoms with Crippen molar-refractivity contribution < 1.29 is 7.31 Å². The smallest absolute Gasteiger partial charge is 0.200 e. The molecule has 0 atom stereocenters. The first-order chi connectivity index (χ1) is 13.6. The molecule has 0 radical (unpaired) electrons. The van der Waals surface area contributed by atoms with E-state index in [1.807, 2.05) is 11.6 Å². The van der Waals surface area contributed by atoms with Crippen LogP contribution in [-0.2, 0) is 7.05 Å². The highest BCUT2D eigenvalue weighted by Gasteiger charge is 2.22. The highest BCUT2D eigenvalue weighted by Crippen LogP contribution is 2.36. The summed E-state index contributed by atoms with van der Waals surface area (Å²) in [6, 6.07) is 11.3. The molecule has 0 aliphatic rings. The van der Waals surface area contributed by atoms with Crippen molar-refractivity contribution in [1.82, 2.24) is 0 Å². The van der Waals surface area contributed by atoms with Gasteiger partial charge in [0.2, 0.25) is 5.69 Å². The van der Waals surface area contributed by atoms with E-state index in [2.05, 4.69) is 78.8 Å². The average molecular weight is 363 g/mol. The van der Waals surface area contributed by atoms with Gasteiger partial charge in [0.15, 0.2) is 6.17 Å². The SMILES string of the molecule is [2H]c1c([2H])[n+](C)c(-c2cc(C(C)C)cc(C(C)C)c2C)c2cccc(C(C)C)c12. The lowest BCUT2D eigenvalue weighted by atomic mass is 9.86. The van der Waals surface area contributed by atoms with Gasteiger partial charge in [-0.1, -0.05) is 59.7 Å². The molecule has 1 heteroatoms. The third kappa shape index (κ3) is 3.52. The van der Waals surface area contributed by atoms with Gasteiger partial charge < -0.3 is 0 Å². The minimum absolute atomic E-state index is 0.265. The van der Waals surface area contributed by atoms with Crippen LogP contribution in [-0.4, -0.2) is 0 Å². The zero-order chi connectivity index (χ0) is 21.6. The molecule has 0 aliphatic carbocycles. The van der Waals surface area contributed by atoms with Crippen molar-refractivity contribution >= 4 is 10.8 Å². The Hall–Kier alpha value is -2.15. The topological polar surface area (TPSA) is 3.88 Å². The Labute approximate surface area is 167 Å². The van der Waals surface area contributed by atoms with Gasteiger partial charge in [0.1, 0.15) is 8.42 Å². The number of rotatable bonds is 4. The maximum atomic E-state index is 8.69.